The average Bonchev–Trinajstić information content (AvgIpc) is 3.72. The third kappa shape index (κ3) is 4.85. The first-order valence-electron chi connectivity index (χ1n) is 11.8. The lowest BCUT2D eigenvalue weighted by Crippen LogP contribution is -2.22. The predicted octanol–water partition coefficient (Wildman–Crippen LogP) is 5.62. The number of ether oxygens (including phenoxy) is 2. The molecule has 0 saturated heterocycles. The Balaban J connectivity index is 1.13. The van der Waals surface area contributed by atoms with Crippen LogP contribution < -0.4 is 14.8 Å². The zero-order valence-electron chi connectivity index (χ0n) is 20.0. The van der Waals surface area contributed by atoms with E-state index in [1.54, 1.807) is 47.0 Å². The minimum atomic E-state index is -0.391. The Morgan fingerprint density at radius 2 is 1.76 bits per heavy atom. The van der Waals surface area contributed by atoms with Crippen molar-refractivity contribution in [1.82, 2.24) is 20.1 Å². The van der Waals surface area contributed by atoms with Gasteiger partial charge in [0.05, 0.1) is 12.0 Å². The molecule has 1 N–H and O–H groups in total. The van der Waals surface area contributed by atoms with Crippen LogP contribution in [0, 0.1) is 5.82 Å². The Morgan fingerprint density at radius 3 is 2.58 bits per heavy atom. The number of fused-ring (bicyclic) bond motifs is 1. The van der Waals surface area contributed by atoms with Gasteiger partial charge >= 0.3 is 0 Å². The van der Waals surface area contributed by atoms with Crippen LogP contribution in [-0.2, 0) is 12.3 Å². The van der Waals surface area contributed by atoms with Crippen LogP contribution in [0.25, 0.3) is 17.3 Å². The van der Waals surface area contributed by atoms with Crippen molar-refractivity contribution in [2.45, 2.75) is 17.5 Å². The smallest absolute Gasteiger partial charge is 0.251 e. The number of benzene rings is 3. The Labute approximate surface area is 221 Å². The molecule has 0 bridgehead atoms. The number of furan rings is 1. The fraction of sp³-hybridized carbons (Fsp3) is 0.107. The van der Waals surface area contributed by atoms with Crippen LogP contribution in [0.15, 0.2) is 94.7 Å². The van der Waals surface area contributed by atoms with E-state index in [0.29, 0.717) is 51.8 Å². The summed E-state index contributed by atoms with van der Waals surface area (Å²) in [6.07, 6.45) is 1.54. The molecule has 2 aromatic heterocycles. The summed E-state index contributed by atoms with van der Waals surface area (Å²) in [6.45, 7) is 0.583. The van der Waals surface area contributed by atoms with Gasteiger partial charge in [-0.1, -0.05) is 42.1 Å². The molecule has 1 aliphatic rings. The summed E-state index contributed by atoms with van der Waals surface area (Å²) >= 11 is 1.41. The first kappa shape index (κ1) is 23.8. The number of carbonyl (C=O) groups is 1. The van der Waals surface area contributed by atoms with Crippen molar-refractivity contribution in [3.8, 4) is 28.8 Å². The van der Waals surface area contributed by atoms with Gasteiger partial charge in [-0.25, -0.2) is 4.39 Å². The van der Waals surface area contributed by atoms with Crippen molar-refractivity contribution < 1.29 is 23.1 Å². The summed E-state index contributed by atoms with van der Waals surface area (Å²) in [5, 5.41) is 12.0. The van der Waals surface area contributed by atoms with Gasteiger partial charge in [0, 0.05) is 17.9 Å². The second kappa shape index (κ2) is 10.4. The first-order valence-corrected chi connectivity index (χ1v) is 12.8. The number of amides is 1. The van der Waals surface area contributed by atoms with Gasteiger partial charge in [0.25, 0.3) is 5.91 Å². The fourth-order valence-electron chi connectivity index (χ4n) is 4.01. The predicted molar refractivity (Wildman–Crippen MR) is 139 cm³/mol. The van der Waals surface area contributed by atoms with Crippen LogP contribution in [0.1, 0.15) is 21.5 Å². The molecule has 3 aromatic carbocycles. The number of para-hydroxylation sites is 1. The lowest BCUT2D eigenvalue weighted by molar-refractivity contribution is 0.0951. The standard InChI is InChI=1S/C28H21FN4O4S/c29-21-4-1-2-5-22(21)33-26(24-6-3-13-35-24)31-32-28(33)38-16-18-7-10-20(11-8-18)27(34)30-15-19-9-12-23-25(14-19)37-17-36-23/h1-14H,15-17H2,(H,30,34). The SMILES string of the molecule is O=C(NCc1ccc2c(c1)OCO2)c1ccc(CSc2nnc(-c3ccco3)n2-c2ccccc2F)cc1. The Morgan fingerprint density at radius 1 is 0.947 bits per heavy atom. The zero-order valence-corrected chi connectivity index (χ0v) is 20.8. The highest BCUT2D eigenvalue weighted by atomic mass is 32.2. The highest BCUT2D eigenvalue weighted by Crippen LogP contribution is 2.33. The molecule has 0 fully saturated rings. The van der Waals surface area contributed by atoms with Crippen LogP contribution in [-0.4, -0.2) is 27.5 Å². The van der Waals surface area contributed by atoms with Gasteiger partial charge in [-0.2, -0.15) is 0 Å². The first-order chi connectivity index (χ1) is 18.7. The molecule has 0 radical (unpaired) electrons. The summed E-state index contributed by atoms with van der Waals surface area (Å²) in [5.41, 5.74) is 2.78. The molecule has 1 aliphatic heterocycles. The Kier molecular flexibility index (Phi) is 6.53. The molecule has 5 aromatic rings. The molecule has 0 spiro atoms. The maximum atomic E-state index is 14.7. The number of thioether (sulfide) groups is 1. The Hall–Kier alpha value is -4.57. The fourth-order valence-corrected chi connectivity index (χ4v) is 4.92. The van der Waals surface area contributed by atoms with E-state index >= 15 is 0 Å². The summed E-state index contributed by atoms with van der Waals surface area (Å²) < 4.78 is 32.6. The van der Waals surface area contributed by atoms with Crippen molar-refractivity contribution in [3.05, 3.63) is 108 Å². The van der Waals surface area contributed by atoms with E-state index in [4.69, 9.17) is 13.9 Å². The summed E-state index contributed by atoms with van der Waals surface area (Å²) in [4.78, 5) is 12.7. The molecule has 3 heterocycles. The van der Waals surface area contributed by atoms with Crippen molar-refractivity contribution in [2.24, 2.45) is 0 Å². The lowest BCUT2D eigenvalue weighted by Gasteiger charge is -2.10. The molecular formula is C28H21FN4O4S. The summed E-state index contributed by atoms with van der Waals surface area (Å²) in [7, 11) is 0. The van der Waals surface area contributed by atoms with Gasteiger partial charge < -0.3 is 19.2 Å². The lowest BCUT2D eigenvalue weighted by atomic mass is 10.1. The van der Waals surface area contributed by atoms with E-state index < -0.39 is 5.82 Å². The molecule has 6 rings (SSSR count). The third-order valence-electron chi connectivity index (χ3n) is 5.94. The molecule has 0 saturated carbocycles. The maximum absolute atomic E-state index is 14.7. The minimum Gasteiger partial charge on any atom is -0.461 e. The average molecular weight is 529 g/mol. The molecule has 0 unspecified atom stereocenters. The topological polar surface area (TPSA) is 91.4 Å². The molecule has 0 aliphatic carbocycles. The van der Waals surface area contributed by atoms with Crippen molar-refractivity contribution >= 4 is 17.7 Å². The van der Waals surface area contributed by atoms with E-state index in [1.807, 2.05) is 30.3 Å². The highest BCUT2D eigenvalue weighted by molar-refractivity contribution is 7.98. The number of aromatic nitrogens is 3. The van der Waals surface area contributed by atoms with Crippen molar-refractivity contribution in [3.63, 3.8) is 0 Å². The number of nitrogens with zero attached hydrogens (tertiary/aromatic N) is 3. The van der Waals surface area contributed by atoms with Gasteiger partial charge in [0.15, 0.2) is 22.4 Å². The second-order valence-corrected chi connectivity index (χ2v) is 9.37. The number of rotatable bonds is 8. The van der Waals surface area contributed by atoms with Gasteiger partial charge in [-0.15, -0.1) is 10.2 Å². The molecule has 10 heteroatoms. The van der Waals surface area contributed by atoms with Gasteiger partial charge in [-0.3, -0.25) is 9.36 Å². The molecule has 1 amide bonds. The van der Waals surface area contributed by atoms with Crippen LogP contribution >= 0.6 is 11.8 Å². The van der Waals surface area contributed by atoms with Crippen LogP contribution in [0.5, 0.6) is 11.5 Å². The van der Waals surface area contributed by atoms with E-state index in [-0.39, 0.29) is 12.7 Å². The summed E-state index contributed by atoms with van der Waals surface area (Å²) in [6, 6.07) is 22.9. The van der Waals surface area contributed by atoms with Gasteiger partial charge in [-0.05, 0) is 59.7 Å². The molecule has 38 heavy (non-hydrogen) atoms. The van der Waals surface area contributed by atoms with Crippen molar-refractivity contribution in [2.75, 3.05) is 6.79 Å². The molecule has 190 valence electrons. The molecular weight excluding hydrogens is 507 g/mol. The molecule has 0 atom stereocenters. The number of halogens is 1. The monoisotopic (exact) mass is 528 g/mol. The molecule has 8 nitrogen and oxygen atoms in total. The third-order valence-corrected chi connectivity index (χ3v) is 6.94. The highest BCUT2D eigenvalue weighted by Gasteiger charge is 2.20. The van der Waals surface area contributed by atoms with Crippen LogP contribution in [0.3, 0.4) is 0 Å². The quantitative estimate of drug-likeness (QED) is 0.262. The van der Waals surface area contributed by atoms with Crippen LogP contribution in [0.2, 0.25) is 0 Å². The zero-order chi connectivity index (χ0) is 25.9. The van der Waals surface area contributed by atoms with E-state index in [9.17, 15) is 9.18 Å². The largest absolute Gasteiger partial charge is 0.461 e. The second-order valence-electron chi connectivity index (χ2n) is 8.43. The van der Waals surface area contributed by atoms with Gasteiger partial charge in [0.1, 0.15) is 5.82 Å². The van der Waals surface area contributed by atoms with Crippen LogP contribution in [0.4, 0.5) is 4.39 Å². The maximum Gasteiger partial charge on any atom is 0.251 e. The normalized spacial score (nSPS) is 12.0. The van der Waals surface area contributed by atoms with E-state index in [1.165, 1.54) is 24.1 Å². The van der Waals surface area contributed by atoms with E-state index in [2.05, 4.69) is 15.5 Å². The number of hydrogen-bond donors (Lipinski definition) is 1. The number of carbonyl (C=O) groups excluding carboxylic acids is 1. The van der Waals surface area contributed by atoms with Gasteiger partial charge in [0.2, 0.25) is 12.6 Å². The minimum absolute atomic E-state index is 0.177. The number of nitrogens with one attached hydrogen (secondary N) is 1. The Bertz CT molecular complexity index is 1590. The van der Waals surface area contributed by atoms with E-state index in [0.717, 1.165) is 11.1 Å². The summed E-state index contributed by atoms with van der Waals surface area (Å²) in [5.74, 6) is 2.27. The number of hydrogen-bond acceptors (Lipinski definition) is 7. The van der Waals surface area contributed by atoms with Crippen molar-refractivity contribution in [1.29, 1.82) is 0 Å².